The van der Waals surface area contributed by atoms with E-state index in [9.17, 15) is 19.7 Å². The van der Waals surface area contributed by atoms with Gasteiger partial charge in [0.25, 0.3) is 5.69 Å². The quantitative estimate of drug-likeness (QED) is 0.362. The number of carbonyl (C=O) groups is 2. The van der Waals surface area contributed by atoms with E-state index in [2.05, 4.69) is 10.6 Å². The van der Waals surface area contributed by atoms with Gasteiger partial charge in [-0.1, -0.05) is 0 Å². The van der Waals surface area contributed by atoms with Gasteiger partial charge in [0.05, 0.1) is 16.6 Å². The molecule has 1 aromatic rings. The molecule has 1 amide bonds. The molecule has 178 valence electrons. The second kappa shape index (κ2) is 9.60. The zero-order valence-corrected chi connectivity index (χ0v) is 19.4. The Bertz CT molecular complexity index is 873. The highest BCUT2D eigenvalue weighted by atomic mass is 16.7. The van der Waals surface area contributed by atoms with Gasteiger partial charge in [0.2, 0.25) is 6.79 Å². The van der Waals surface area contributed by atoms with Crippen LogP contribution >= 0.6 is 0 Å². The number of hydrogen-bond acceptors (Lipinski definition) is 9. The first-order valence-electron chi connectivity index (χ1n) is 10.2. The molecule has 1 heterocycles. The molecule has 1 aliphatic rings. The lowest BCUT2D eigenvalue weighted by Crippen LogP contribution is -2.51. The van der Waals surface area contributed by atoms with E-state index in [0.29, 0.717) is 17.1 Å². The molecule has 1 aliphatic heterocycles. The lowest BCUT2D eigenvalue weighted by Gasteiger charge is -2.27. The number of rotatable bonds is 7. The van der Waals surface area contributed by atoms with Crippen LogP contribution in [0.4, 0.5) is 10.5 Å². The van der Waals surface area contributed by atoms with Crippen LogP contribution in [0.25, 0.3) is 0 Å². The third-order valence-electron chi connectivity index (χ3n) is 4.20. The Morgan fingerprint density at radius 3 is 2.19 bits per heavy atom. The second-order valence-corrected chi connectivity index (χ2v) is 9.38. The van der Waals surface area contributed by atoms with Gasteiger partial charge in [-0.15, -0.1) is 0 Å². The summed E-state index contributed by atoms with van der Waals surface area (Å²) in [5, 5.41) is 17.1. The molecule has 1 unspecified atom stereocenters. The average molecular weight is 453 g/mol. The van der Waals surface area contributed by atoms with Gasteiger partial charge in [-0.25, -0.2) is 9.59 Å². The van der Waals surface area contributed by atoms with Gasteiger partial charge in [0.15, 0.2) is 11.5 Å². The Hall–Kier alpha value is -3.08. The number of esters is 1. The Morgan fingerprint density at radius 2 is 1.66 bits per heavy atom. The highest BCUT2D eigenvalue weighted by Gasteiger charge is 2.31. The lowest BCUT2D eigenvalue weighted by molar-refractivity contribution is -0.385. The van der Waals surface area contributed by atoms with Crippen molar-refractivity contribution in [2.24, 2.45) is 0 Å². The lowest BCUT2D eigenvalue weighted by atomic mass is 10.0. The first kappa shape index (κ1) is 25.2. The summed E-state index contributed by atoms with van der Waals surface area (Å²) in [5.74, 6) is 0.0314. The summed E-state index contributed by atoms with van der Waals surface area (Å²) in [6, 6.07) is 1.19. The molecule has 0 bridgehead atoms. The van der Waals surface area contributed by atoms with E-state index in [1.807, 2.05) is 0 Å². The zero-order valence-electron chi connectivity index (χ0n) is 19.4. The summed E-state index contributed by atoms with van der Waals surface area (Å²) in [4.78, 5) is 35.9. The van der Waals surface area contributed by atoms with Gasteiger partial charge in [0, 0.05) is 12.6 Å². The van der Waals surface area contributed by atoms with Gasteiger partial charge in [0.1, 0.15) is 17.2 Å². The van der Waals surface area contributed by atoms with Crippen molar-refractivity contribution in [3.8, 4) is 11.5 Å². The fourth-order valence-corrected chi connectivity index (χ4v) is 2.87. The van der Waals surface area contributed by atoms with Crippen molar-refractivity contribution in [2.45, 2.75) is 71.8 Å². The maximum atomic E-state index is 12.7. The summed E-state index contributed by atoms with van der Waals surface area (Å²) in [6.07, 6.45) is -0.781. The second-order valence-electron chi connectivity index (χ2n) is 9.38. The number of ether oxygens (including phenoxy) is 4. The number of carbonyl (C=O) groups excluding carboxylic acids is 2. The topological polar surface area (TPSA) is 138 Å². The van der Waals surface area contributed by atoms with Crippen LogP contribution in [0, 0.1) is 10.1 Å². The van der Waals surface area contributed by atoms with E-state index in [4.69, 9.17) is 18.9 Å². The Balaban J connectivity index is 2.18. The van der Waals surface area contributed by atoms with E-state index < -0.39 is 40.3 Å². The minimum atomic E-state index is -1.08. The smallest absolute Gasteiger partial charge is 0.408 e. The normalized spacial score (nSPS) is 15.0. The number of hydrogen-bond donors (Lipinski definition) is 2. The molecule has 0 fully saturated rings. The Labute approximate surface area is 186 Å². The van der Waals surface area contributed by atoms with Crippen LogP contribution in [0.5, 0.6) is 11.5 Å². The van der Waals surface area contributed by atoms with Crippen molar-refractivity contribution in [1.82, 2.24) is 10.6 Å². The summed E-state index contributed by atoms with van der Waals surface area (Å²) >= 11 is 0. The van der Waals surface area contributed by atoms with Crippen LogP contribution < -0.4 is 20.1 Å². The SMILES string of the molecule is CC(NC[C@H](NC(=O)OC(C)(C)C)C(=O)OC(C)(C)C)c1cc2c(cc1[N+](=O)[O-])OCO2. The molecule has 0 aliphatic carbocycles. The maximum absolute atomic E-state index is 12.7. The van der Waals surface area contributed by atoms with Crippen molar-refractivity contribution < 1.29 is 33.5 Å². The van der Waals surface area contributed by atoms with Gasteiger partial charge < -0.3 is 29.6 Å². The van der Waals surface area contributed by atoms with E-state index in [-0.39, 0.29) is 19.0 Å². The Kier molecular flexibility index (Phi) is 7.55. The Morgan fingerprint density at radius 1 is 1.09 bits per heavy atom. The van der Waals surface area contributed by atoms with Crippen molar-refractivity contribution in [2.75, 3.05) is 13.3 Å². The number of alkyl carbamates (subject to hydrolysis) is 1. The molecule has 2 rings (SSSR count). The third kappa shape index (κ3) is 7.26. The summed E-state index contributed by atoms with van der Waals surface area (Å²) in [5.41, 5.74) is -1.33. The number of amides is 1. The fraction of sp³-hybridized carbons (Fsp3) is 0.619. The zero-order chi connectivity index (χ0) is 24.3. The predicted octanol–water partition coefficient (Wildman–Crippen LogP) is 3.21. The maximum Gasteiger partial charge on any atom is 0.408 e. The summed E-state index contributed by atoms with van der Waals surface area (Å²) < 4.78 is 21.2. The number of fused-ring (bicyclic) bond motifs is 1. The van der Waals surface area contributed by atoms with Crippen LogP contribution in [0.1, 0.15) is 60.1 Å². The van der Waals surface area contributed by atoms with Gasteiger partial charge in [-0.2, -0.15) is 0 Å². The molecule has 0 saturated heterocycles. The minimum Gasteiger partial charge on any atom is -0.458 e. The number of nitro benzene ring substituents is 1. The molecule has 0 radical (unpaired) electrons. The minimum absolute atomic E-state index is 0.0156. The molecule has 11 nitrogen and oxygen atoms in total. The van der Waals surface area contributed by atoms with E-state index >= 15 is 0 Å². The summed E-state index contributed by atoms with van der Waals surface area (Å²) in [6.45, 7) is 11.9. The van der Waals surface area contributed by atoms with Crippen LogP contribution in [0.15, 0.2) is 12.1 Å². The fourth-order valence-electron chi connectivity index (χ4n) is 2.87. The molecule has 2 atom stereocenters. The highest BCUT2D eigenvalue weighted by molar-refractivity contribution is 5.82. The summed E-state index contributed by atoms with van der Waals surface area (Å²) in [7, 11) is 0. The molecule has 0 spiro atoms. The molecule has 2 N–H and O–H groups in total. The molecule has 32 heavy (non-hydrogen) atoms. The van der Waals surface area contributed by atoms with Crippen LogP contribution in [-0.2, 0) is 14.3 Å². The number of nitrogens with zero attached hydrogens (tertiary/aromatic N) is 1. The standard InChI is InChI=1S/C21H31N3O8/c1-12(13-8-16-17(30-11-29-16)9-15(13)24(27)28)22-10-14(18(25)31-20(2,3)4)23-19(26)32-21(5,6)7/h8-9,12,14,22H,10-11H2,1-7H3,(H,23,26)/t12?,14-/m0/s1. The molecule has 11 heteroatoms. The highest BCUT2D eigenvalue weighted by Crippen LogP contribution is 2.40. The van der Waals surface area contributed by atoms with Crippen molar-refractivity contribution in [3.63, 3.8) is 0 Å². The number of nitrogens with one attached hydrogen (secondary N) is 2. The van der Waals surface area contributed by atoms with Crippen molar-refractivity contribution >= 4 is 17.7 Å². The van der Waals surface area contributed by atoms with E-state index in [1.54, 1.807) is 48.5 Å². The average Bonchev–Trinajstić information content (AvgIpc) is 3.08. The van der Waals surface area contributed by atoms with Crippen LogP contribution in [0.2, 0.25) is 0 Å². The van der Waals surface area contributed by atoms with Crippen LogP contribution in [0.3, 0.4) is 0 Å². The molecular formula is C21H31N3O8. The van der Waals surface area contributed by atoms with Gasteiger partial charge >= 0.3 is 12.1 Å². The number of nitro groups is 1. The van der Waals surface area contributed by atoms with Crippen molar-refractivity contribution in [1.29, 1.82) is 0 Å². The van der Waals surface area contributed by atoms with Gasteiger partial charge in [-0.05, 0) is 54.5 Å². The first-order valence-corrected chi connectivity index (χ1v) is 10.2. The van der Waals surface area contributed by atoms with E-state index in [1.165, 1.54) is 12.1 Å². The molecular weight excluding hydrogens is 422 g/mol. The van der Waals surface area contributed by atoms with E-state index in [0.717, 1.165) is 0 Å². The van der Waals surface area contributed by atoms with Gasteiger partial charge in [-0.3, -0.25) is 10.1 Å². The molecule has 0 saturated carbocycles. The molecule has 0 aromatic heterocycles. The van der Waals surface area contributed by atoms with Crippen LogP contribution in [-0.4, -0.2) is 47.6 Å². The molecule has 1 aromatic carbocycles. The number of benzene rings is 1. The monoisotopic (exact) mass is 453 g/mol. The first-order chi connectivity index (χ1) is 14.7. The largest absolute Gasteiger partial charge is 0.458 e. The predicted molar refractivity (Wildman–Crippen MR) is 115 cm³/mol. The third-order valence-corrected chi connectivity index (χ3v) is 4.20. The van der Waals surface area contributed by atoms with Crippen molar-refractivity contribution in [3.05, 3.63) is 27.8 Å².